The van der Waals surface area contributed by atoms with Gasteiger partial charge in [0.1, 0.15) is 0 Å². The zero-order chi connectivity index (χ0) is 13.7. The highest BCUT2D eigenvalue weighted by Crippen LogP contribution is 2.32. The van der Waals surface area contributed by atoms with E-state index in [1.54, 1.807) is 0 Å². The molecule has 4 heteroatoms. The number of hydrogen-bond acceptors (Lipinski definition) is 4. The van der Waals surface area contributed by atoms with Crippen molar-refractivity contribution in [2.45, 2.75) is 38.8 Å². The highest BCUT2D eigenvalue weighted by molar-refractivity contribution is 7.98. The van der Waals surface area contributed by atoms with Gasteiger partial charge < -0.3 is 14.8 Å². The molecule has 3 nitrogen and oxygen atoms in total. The van der Waals surface area contributed by atoms with Crippen molar-refractivity contribution >= 4 is 11.8 Å². The van der Waals surface area contributed by atoms with Gasteiger partial charge in [-0.3, -0.25) is 0 Å². The van der Waals surface area contributed by atoms with E-state index < -0.39 is 0 Å². The molecule has 0 aliphatic carbocycles. The first-order valence-corrected chi connectivity index (χ1v) is 8.22. The molecule has 19 heavy (non-hydrogen) atoms. The summed E-state index contributed by atoms with van der Waals surface area (Å²) in [5.41, 5.74) is 1.29. The van der Waals surface area contributed by atoms with E-state index in [1.807, 2.05) is 17.8 Å². The number of fused-ring (bicyclic) bond motifs is 1. The van der Waals surface area contributed by atoms with Crippen molar-refractivity contribution in [3.8, 4) is 11.5 Å². The lowest BCUT2D eigenvalue weighted by atomic mass is 10.1. The zero-order valence-corrected chi connectivity index (χ0v) is 12.8. The fourth-order valence-electron chi connectivity index (χ4n) is 2.34. The molecule has 1 heterocycles. The van der Waals surface area contributed by atoms with E-state index in [9.17, 15) is 0 Å². The fraction of sp³-hybridized carbons (Fsp3) is 0.600. The molecule has 0 bridgehead atoms. The van der Waals surface area contributed by atoms with Crippen LogP contribution >= 0.6 is 11.8 Å². The van der Waals surface area contributed by atoms with Crippen LogP contribution in [0.2, 0.25) is 0 Å². The quantitative estimate of drug-likeness (QED) is 0.832. The Labute approximate surface area is 120 Å². The highest BCUT2D eigenvalue weighted by Gasteiger charge is 2.14. The van der Waals surface area contributed by atoms with Crippen LogP contribution in [0.15, 0.2) is 18.2 Å². The smallest absolute Gasteiger partial charge is 0.231 e. The lowest BCUT2D eigenvalue weighted by Crippen LogP contribution is -2.36. The predicted octanol–water partition coefficient (Wildman–Crippen LogP) is 3.08. The van der Waals surface area contributed by atoms with Gasteiger partial charge in [0.15, 0.2) is 11.5 Å². The van der Waals surface area contributed by atoms with Gasteiger partial charge in [-0.25, -0.2) is 0 Å². The molecule has 0 spiro atoms. The first kappa shape index (κ1) is 14.5. The molecule has 0 saturated heterocycles. The molecule has 0 saturated carbocycles. The number of nitrogens with one attached hydrogen (secondary N) is 1. The maximum atomic E-state index is 5.41. The van der Waals surface area contributed by atoms with Crippen molar-refractivity contribution in [2.75, 3.05) is 18.8 Å². The van der Waals surface area contributed by atoms with Gasteiger partial charge in [0.2, 0.25) is 6.79 Å². The minimum atomic E-state index is 0.346. The molecule has 106 valence electrons. The van der Waals surface area contributed by atoms with Crippen LogP contribution < -0.4 is 14.8 Å². The summed E-state index contributed by atoms with van der Waals surface area (Å²) in [7, 11) is 0. The lowest BCUT2D eigenvalue weighted by molar-refractivity contribution is 0.174. The summed E-state index contributed by atoms with van der Waals surface area (Å²) in [6, 6.07) is 7.25. The van der Waals surface area contributed by atoms with Crippen LogP contribution in [0.1, 0.15) is 25.8 Å². The van der Waals surface area contributed by atoms with Crippen molar-refractivity contribution < 1.29 is 9.47 Å². The first-order chi connectivity index (χ1) is 9.19. The SMILES string of the molecule is CSCCC(C)NC(C)Cc1ccc2c(c1)OCO2. The maximum Gasteiger partial charge on any atom is 0.231 e. The number of hydrogen-bond donors (Lipinski definition) is 1. The van der Waals surface area contributed by atoms with Crippen molar-refractivity contribution in [2.24, 2.45) is 0 Å². The van der Waals surface area contributed by atoms with Gasteiger partial charge in [-0.1, -0.05) is 6.07 Å². The highest BCUT2D eigenvalue weighted by atomic mass is 32.2. The molecular weight excluding hydrogens is 258 g/mol. The molecule has 1 aliphatic rings. The summed E-state index contributed by atoms with van der Waals surface area (Å²) in [5.74, 6) is 2.95. The molecule has 2 atom stereocenters. The third-order valence-corrected chi connectivity index (χ3v) is 3.95. The van der Waals surface area contributed by atoms with Gasteiger partial charge in [0.05, 0.1) is 0 Å². The zero-order valence-electron chi connectivity index (χ0n) is 11.9. The van der Waals surface area contributed by atoms with Crippen LogP contribution in [0.25, 0.3) is 0 Å². The Kier molecular flexibility index (Phi) is 5.40. The summed E-state index contributed by atoms with van der Waals surface area (Å²) in [6.45, 7) is 4.84. The predicted molar refractivity (Wildman–Crippen MR) is 81.3 cm³/mol. The summed E-state index contributed by atoms with van der Waals surface area (Å²) < 4.78 is 10.7. The van der Waals surface area contributed by atoms with Gasteiger partial charge >= 0.3 is 0 Å². The van der Waals surface area contributed by atoms with Crippen LogP contribution in [0.4, 0.5) is 0 Å². The topological polar surface area (TPSA) is 30.5 Å². The third-order valence-electron chi connectivity index (χ3n) is 3.30. The Morgan fingerprint density at radius 1 is 1.21 bits per heavy atom. The molecule has 1 aromatic rings. The monoisotopic (exact) mass is 281 g/mol. The number of rotatable bonds is 7. The summed E-state index contributed by atoms with van der Waals surface area (Å²) in [4.78, 5) is 0. The second kappa shape index (κ2) is 7.06. The molecular formula is C15H23NO2S. The van der Waals surface area contributed by atoms with E-state index >= 15 is 0 Å². The second-order valence-corrected chi connectivity index (χ2v) is 6.13. The average molecular weight is 281 g/mol. The molecule has 1 aliphatic heterocycles. The van der Waals surface area contributed by atoms with Crippen LogP contribution in [-0.4, -0.2) is 30.9 Å². The Balaban J connectivity index is 1.83. The Hall–Kier alpha value is -0.870. The maximum absolute atomic E-state index is 5.41. The molecule has 1 N–H and O–H groups in total. The Morgan fingerprint density at radius 3 is 2.79 bits per heavy atom. The second-order valence-electron chi connectivity index (χ2n) is 5.14. The molecule has 0 fully saturated rings. The van der Waals surface area contributed by atoms with Crippen LogP contribution in [0.5, 0.6) is 11.5 Å². The van der Waals surface area contributed by atoms with E-state index in [4.69, 9.17) is 9.47 Å². The van der Waals surface area contributed by atoms with Gasteiger partial charge in [0, 0.05) is 12.1 Å². The molecule has 2 unspecified atom stereocenters. The molecule has 0 radical (unpaired) electrons. The van der Waals surface area contributed by atoms with E-state index in [0.717, 1.165) is 17.9 Å². The van der Waals surface area contributed by atoms with Crippen molar-refractivity contribution in [1.82, 2.24) is 5.32 Å². The Bertz CT molecular complexity index is 411. The van der Waals surface area contributed by atoms with Crippen LogP contribution in [0, 0.1) is 0 Å². The minimum Gasteiger partial charge on any atom is -0.454 e. The van der Waals surface area contributed by atoms with Crippen molar-refractivity contribution in [3.63, 3.8) is 0 Å². The molecule has 2 rings (SSSR count). The number of ether oxygens (including phenoxy) is 2. The van der Waals surface area contributed by atoms with Crippen LogP contribution in [0.3, 0.4) is 0 Å². The first-order valence-electron chi connectivity index (χ1n) is 6.82. The van der Waals surface area contributed by atoms with Crippen molar-refractivity contribution in [1.29, 1.82) is 0 Å². The summed E-state index contributed by atoms with van der Waals surface area (Å²) in [6.07, 6.45) is 4.38. The Morgan fingerprint density at radius 2 is 2.00 bits per heavy atom. The van der Waals surface area contributed by atoms with E-state index in [1.165, 1.54) is 17.7 Å². The molecule has 0 aromatic heterocycles. The largest absolute Gasteiger partial charge is 0.454 e. The lowest BCUT2D eigenvalue weighted by Gasteiger charge is -2.20. The fourth-order valence-corrected chi connectivity index (χ4v) is 2.93. The number of thioether (sulfide) groups is 1. The molecule has 1 aromatic carbocycles. The van der Waals surface area contributed by atoms with Gasteiger partial charge in [-0.05, 0) is 56.4 Å². The van der Waals surface area contributed by atoms with E-state index in [0.29, 0.717) is 18.9 Å². The summed E-state index contributed by atoms with van der Waals surface area (Å²) >= 11 is 1.90. The standard InChI is InChI=1S/C15H23NO2S/c1-11(6-7-19-3)16-12(2)8-13-4-5-14-15(9-13)18-10-17-14/h4-5,9,11-12,16H,6-8,10H2,1-3H3. The van der Waals surface area contributed by atoms with E-state index in [2.05, 4.69) is 37.6 Å². The van der Waals surface area contributed by atoms with Gasteiger partial charge in [-0.2, -0.15) is 11.8 Å². The van der Waals surface area contributed by atoms with Gasteiger partial charge in [0.25, 0.3) is 0 Å². The summed E-state index contributed by atoms with van der Waals surface area (Å²) in [5, 5.41) is 3.65. The van der Waals surface area contributed by atoms with Crippen molar-refractivity contribution in [3.05, 3.63) is 23.8 Å². The number of benzene rings is 1. The van der Waals surface area contributed by atoms with Gasteiger partial charge in [-0.15, -0.1) is 0 Å². The molecule has 0 amide bonds. The normalized spacial score (nSPS) is 16.4. The third kappa shape index (κ3) is 4.32. The van der Waals surface area contributed by atoms with Crippen LogP contribution in [-0.2, 0) is 6.42 Å². The van der Waals surface area contributed by atoms with E-state index in [-0.39, 0.29) is 0 Å². The minimum absolute atomic E-state index is 0.346. The average Bonchev–Trinajstić information content (AvgIpc) is 2.83.